The number of hydrogen-bond acceptors (Lipinski definition) is 3. The fraction of sp³-hybridized carbons (Fsp3) is 0.438. The van der Waals surface area contributed by atoms with Gasteiger partial charge in [0.15, 0.2) is 0 Å². The molecule has 1 aliphatic rings. The van der Waals surface area contributed by atoms with Crippen LogP contribution in [0, 0.1) is 0 Å². The average Bonchev–Trinajstić information content (AvgIpc) is 3.19. The van der Waals surface area contributed by atoms with Gasteiger partial charge in [-0.1, -0.05) is 18.2 Å². The largest absolute Gasteiger partial charge is 0.370 e. The van der Waals surface area contributed by atoms with Crippen LogP contribution in [0.25, 0.3) is 0 Å². The summed E-state index contributed by atoms with van der Waals surface area (Å²) in [6.07, 6.45) is 6.66. The molecule has 0 atom stereocenters. The van der Waals surface area contributed by atoms with Crippen molar-refractivity contribution in [3.8, 4) is 0 Å². The van der Waals surface area contributed by atoms with Gasteiger partial charge in [-0.25, -0.2) is 0 Å². The molecule has 1 aromatic heterocycles. The van der Waals surface area contributed by atoms with Crippen molar-refractivity contribution in [3.05, 3.63) is 47.8 Å². The zero-order chi connectivity index (χ0) is 13.9. The lowest BCUT2D eigenvalue weighted by Crippen LogP contribution is -2.21. The maximum Gasteiger partial charge on any atom is 0.0539 e. The van der Waals surface area contributed by atoms with Crippen LogP contribution < -0.4 is 10.2 Å². The number of aromatic nitrogens is 2. The molecular formula is C16H22N4. The van der Waals surface area contributed by atoms with Crippen molar-refractivity contribution < 1.29 is 0 Å². The molecule has 0 aliphatic heterocycles. The second kappa shape index (κ2) is 5.67. The van der Waals surface area contributed by atoms with Gasteiger partial charge in [0.2, 0.25) is 0 Å². The van der Waals surface area contributed by atoms with Gasteiger partial charge in [0.1, 0.15) is 0 Å². The second-order valence-corrected chi connectivity index (χ2v) is 5.66. The molecule has 3 rings (SSSR count). The SMILES string of the molecule is CN(Cc1cnn(C)c1)c1ccccc1CNC1CC1. The summed E-state index contributed by atoms with van der Waals surface area (Å²) in [7, 11) is 4.10. The van der Waals surface area contributed by atoms with Gasteiger partial charge in [-0.2, -0.15) is 5.10 Å². The van der Waals surface area contributed by atoms with Crippen LogP contribution in [0.3, 0.4) is 0 Å². The van der Waals surface area contributed by atoms with Gasteiger partial charge in [-0.05, 0) is 24.5 Å². The van der Waals surface area contributed by atoms with Crippen LogP contribution in [-0.4, -0.2) is 22.9 Å². The number of para-hydroxylation sites is 1. The molecule has 0 spiro atoms. The summed E-state index contributed by atoms with van der Waals surface area (Å²) in [6.45, 7) is 1.84. The summed E-state index contributed by atoms with van der Waals surface area (Å²) in [5, 5.41) is 7.82. The van der Waals surface area contributed by atoms with Crippen molar-refractivity contribution in [2.75, 3.05) is 11.9 Å². The summed E-state index contributed by atoms with van der Waals surface area (Å²) in [6, 6.07) is 9.37. The van der Waals surface area contributed by atoms with E-state index < -0.39 is 0 Å². The third kappa shape index (κ3) is 3.20. The van der Waals surface area contributed by atoms with Crippen molar-refractivity contribution in [1.82, 2.24) is 15.1 Å². The van der Waals surface area contributed by atoms with E-state index in [4.69, 9.17) is 0 Å². The number of aryl methyl sites for hydroxylation is 1. The average molecular weight is 270 g/mol. The van der Waals surface area contributed by atoms with E-state index in [0.29, 0.717) is 0 Å². The quantitative estimate of drug-likeness (QED) is 0.874. The fourth-order valence-electron chi connectivity index (χ4n) is 2.49. The van der Waals surface area contributed by atoms with Gasteiger partial charge in [0.05, 0.1) is 6.20 Å². The lowest BCUT2D eigenvalue weighted by atomic mass is 10.1. The topological polar surface area (TPSA) is 33.1 Å². The minimum atomic E-state index is 0.742. The molecule has 0 bridgehead atoms. The van der Waals surface area contributed by atoms with Crippen molar-refractivity contribution in [2.24, 2.45) is 7.05 Å². The number of hydrogen-bond donors (Lipinski definition) is 1. The molecular weight excluding hydrogens is 248 g/mol. The first kappa shape index (κ1) is 13.2. The molecule has 4 heteroatoms. The lowest BCUT2D eigenvalue weighted by molar-refractivity contribution is 0.685. The van der Waals surface area contributed by atoms with Gasteiger partial charge < -0.3 is 10.2 Å². The molecule has 1 aromatic carbocycles. The van der Waals surface area contributed by atoms with Crippen molar-refractivity contribution in [1.29, 1.82) is 0 Å². The van der Waals surface area contributed by atoms with Crippen molar-refractivity contribution >= 4 is 5.69 Å². The Morgan fingerprint density at radius 2 is 2.15 bits per heavy atom. The smallest absolute Gasteiger partial charge is 0.0539 e. The zero-order valence-electron chi connectivity index (χ0n) is 12.2. The molecule has 0 amide bonds. The van der Waals surface area contributed by atoms with Gasteiger partial charge in [-0.15, -0.1) is 0 Å². The van der Waals surface area contributed by atoms with Crippen LogP contribution in [0.2, 0.25) is 0 Å². The monoisotopic (exact) mass is 270 g/mol. The van der Waals surface area contributed by atoms with Gasteiger partial charge >= 0.3 is 0 Å². The molecule has 1 fully saturated rings. The van der Waals surface area contributed by atoms with Crippen LogP contribution >= 0.6 is 0 Å². The van der Waals surface area contributed by atoms with Gasteiger partial charge in [0, 0.05) is 50.7 Å². The van der Waals surface area contributed by atoms with E-state index >= 15 is 0 Å². The van der Waals surface area contributed by atoms with Crippen molar-refractivity contribution in [2.45, 2.75) is 32.0 Å². The van der Waals surface area contributed by atoms with E-state index in [9.17, 15) is 0 Å². The molecule has 1 aliphatic carbocycles. The summed E-state index contributed by atoms with van der Waals surface area (Å²) in [5.74, 6) is 0. The molecule has 1 saturated carbocycles. The Bertz CT molecular complexity index is 571. The highest BCUT2D eigenvalue weighted by Gasteiger charge is 2.20. The predicted octanol–water partition coefficient (Wildman–Crippen LogP) is 2.31. The Balaban J connectivity index is 1.70. The second-order valence-electron chi connectivity index (χ2n) is 5.66. The molecule has 0 unspecified atom stereocenters. The summed E-state index contributed by atoms with van der Waals surface area (Å²) < 4.78 is 1.85. The summed E-state index contributed by atoms with van der Waals surface area (Å²) >= 11 is 0. The highest BCUT2D eigenvalue weighted by Crippen LogP contribution is 2.24. The van der Waals surface area contributed by atoms with E-state index in [-0.39, 0.29) is 0 Å². The third-order valence-corrected chi connectivity index (χ3v) is 3.74. The Kier molecular flexibility index (Phi) is 3.74. The van der Waals surface area contributed by atoms with Crippen LogP contribution in [0.15, 0.2) is 36.7 Å². The maximum absolute atomic E-state index is 4.23. The van der Waals surface area contributed by atoms with E-state index in [1.165, 1.54) is 29.7 Å². The minimum Gasteiger partial charge on any atom is -0.370 e. The highest BCUT2D eigenvalue weighted by molar-refractivity contribution is 5.53. The third-order valence-electron chi connectivity index (χ3n) is 3.74. The Morgan fingerprint density at radius 3 is 2.85 bits per heavy atom. The molecule has 1 N–H and O–H groups in total. The van der Waals surface area contributed by atoms with Crippen LogP contribution in [0.5, 0.6) is 0 Å². The molecule has 20 heavy (non-hydrogen) atoms. The van der Waals surface area contributed by atoms with E-state index in [0.717, 1.165) is 19.1 Å². The summed E-state index contributed by atoms with van der Waals surface area (Å²) in [4.78, 5) is 2.29. The fourth-order valence-corrected chi connectivity index (χ4v) is 2.49. The molecule has 0 saturated heterocycles. The lowest BCUT2D eigenvalue weighted by Gasteiger charge is -2.22. The molecule has 1 heterocycles. The first-order valence-electron chi connectivity index (χ1n) is 7.22. The first-order chi connectivity index (χ1) is 9.72. The van der Waals surface area contributed by atoms with Crippen LogP contribution in [0.4, 0.5) is 5.69 Å². The Hall–Kier alpha value is -1.81. The Labute approximate surface area is 120 Å². The number of rotatable bonds is 6. The van der Waals surface area contributed by atoms with Gasteiger partial charge in [-0.3, -0.25) is 4.68 Å². The molecule has 106 valence electrons. The van der Waals surface area contributed by atoms with Crippen molar-refractivity contribution in [3.63, 3.8) is 0 Å². The number of benzene rings is 1. The Morgan fingerprint density at radius 1 is 1.35 bits per heavy atom. The normalized spacial score (nSPS) is 14.5. The number of nitrogens with one attached hydrogen (secondary N) is 1. The van der Waals surface area contributed by atoms with Gasteiger partial charge in [0.25, 0.3) is 0 Å². The van der Waals surface area contributed by atoms with Crippen LogP contribution in [-0.2, 0) is 20.1 Å². The first-order valence-corrected chi connectivity index (χ1v) is 7.22. The van der Waals surface area contributed by atoms with E-state index in [1.807, 2.05) is 17.9 Å². The summed E-state index contributed by atoms with van der Waals surface area (Å²) in [5.41, 5.74) is 3.90. The zero-order valence-corrected chi connectivity index (χ0v) is 12.2. The highest BCUT2D eigenvalue weighted by atomic mass is 15.2. The van der Waals surface area contributed by atoms with E-state index in [1.54, 1.807) is 0 Å². The predicted molar refractivity (Wildman–Crippen MR) is 81.6 cm³/mol. The number of anilines is 1. The van der Waals surface area contributed by atoms with Crippen LogP contribution in [0.1, 0.15) is 24.0 Å². The standard InChI is InChI=1S/C16H22N4/c1-19(11-13-9-18-20(2)12-13)16-6-4-3-5-14(16)10-17-15-7-8-15/h3-6,9,12,15,17H,7-8,10-11H2,1-2H3. The molecule has 4 nitrogen and oxygen atoms in total. The van der Waals surface area contributed by atoms with E-state index in [2.05, 4.69) is 52.8 Å². The number of nitrogens with zero attached hydrogens (tertiary/aromatic N) is 3. The molecule has 2 aromatic rings. The molecule has 0 radical (unpaired) electrons. The maximum atomic E-state index is 4.23. The minimum absolute atomic E-state index is 0.742.